The molecule has 0 saturated heterocycles. The zero-order valence-electron chi connectivity index (χ0n) is 9.63. The maximum absolute atomic E-state index is 13.2. The molecule has 2 aromatic heterocycles. The molecule has 0 radical (unpaired) electrons. The summed E-state index contributed by atoms with van der Waals surface area (Å²) in [6.45, 7) is 1.70. The molecule has 0 saturated carbocycles. The molecule has 0 unspecified atom stereocenters. The first-order chi connectivity index (χ1) is 8.66. The van der Waals surface area contributed by atoms with Crippen molar-refractivity contribution in [3.05, 3.63) is 42.1 Å². The van der Waals surface area contributed by atoms with Gasteiger partial charge in [0.1, 0.15) is 18.0 Å². The topological polar surface area (TPSA) is 69.6 Å². The van der Waals surface area contributed by atoms with E-state index in [1.54, 1.807) is 29.9 Å². The van der Waals surface area contributed by atoms with Crippen LogP contribution in [0.4, 0.5) is 10.2 Å². The van der Waals surface area contributed by atoms with E-state index >= 15 is 0 Å². The fourth-order valence-electron chi connectivity index (χ4n) is 1.81. The van der Waals surface area contributed by atoms with Crippen LogP contribution in [-0.4, -0.2) is 19.7 Å². The number of hydrogen-bond acceptors (Lipinski definition) is 4. The van der Waals surface area contributed by atoms with Gasteiger partial charge in [0.2, 0.25) is 0 Å². The van der Waals surface area contributed by atoms with Crippen LogP contribution < -0.4 is 5.73 Å². The van der Waals surface area contributed by atoms with Crippen LogP contribution in [0, 0.1) is 12.7 Å². The molecule has 0 bridgehead atoms. The van der Waals surface area contributed by atoms with Crippen LogP contribution in [0.1, 0.15) is 5.56 Å². The zero-order valence-corrected chi connectivity index (χ0v) is 9.63. The second-order valence-electron chi connectivity index (χ2n) is 3.99. The Hall–Kier alpha value is -2.50. The summed E-state index contributed by atoms with van der Waals surface area (Å²) in [5.41, 5.74) is 7.63. The molecule has 0 aliphatic carbocycles. The molecular formula is C12H10FN5. The lowest BCUT2D eigenvalue weighted by Crippen LogP contribution is -2.00. The Balaban J connectivity index is 2.25. The number of nitrogens with two attached hydrogens (primary N) is 1. The summed E-state index contributed by atoms with van der Waals surface area (Å²) < 4.78 is 14.9. The summed E-state index contributed by atoms with van der Waals surface area (Å²) in [5, 5.41) is 4.89. The highest BCUT2D eigenvalue weighted by Crippen LogP contribution is 2.20. The number of halogens is 1. The summed E-state index contributed by atoms with van der Waals surface area (Å²) in [5.74, 6) is 0.134. The minimum absolute atomic E-state index is 0.246. The molecule has 0 amide bonds. The Labute approximate surface area is 102 Å². The van der Waals surface area contributed by atoms with Gasteiger partial charge in [-0.2, -0.15) is 5.10 Å². The Morgan fingerprint density at radius 2 is 2.11 bits per heavy atom. The van der Waals surface area contributed by atoms with E-state index < -0.39 is 0 Å². The van der Waals surface area contributed by atoms with Crippen LogP contribution in [-0.2, 0) is 0 Å². The number of aryl methyl sites for hydroxylation is 1. The third-order valence-corrected chi connectivity index (χ3v) is 2.78. The fourth-order valence-corrected chi connectivity index (χ4v) is 1.81. The van der Waals surface area contributed by atoms with Gasteiger partial charge >= 0.3 is 0 Å². The maximum atomic E-state index is 13.2. The number of anilines is 1. The SMILES string of the molecule is Cc1cc(-n2ncc3c(N)ncnc32)ccc1F. The lowest BCUT2D eigenvalue weighted by atomic mass is 10.2. The van der Waals surface area contributed by atoms with E-state index in [-0.39, 0.29) is 5.82 Å². The van der Waals surface area contributed by atoms with Crippen molar-refractivity contribution in [2.24, 2.45) is 0 Å². The summed E-state index contributed by atoms with van der Waals surface area (Å²) >= 11 is 0. The van der Waals surface area contributed by atoms with E-state index in [0.717, 1.165) is 5.69 Å². The highest BCUT2D eigenvalue weighted by atomic mass is 19.1. The van der Waals surface area contributed by atoms with Crippen molar-refractivity contribution < 1.29 is 4.39 Å². The molecule has 1 aromatic carbocycles. The third kappa shape index (κ3) is 1.50. The van der Waals surface area contributed by atoms with Crippen molar-refractivity contribution in [3.8, 4) is 5.69 Å². The van der Waals surface area contributed by atoms with Crippen LogP contribution in [0.25, 0.3) is 16.7 Å². The first-order valence-electron chi connectivity index (χ1n) is 5.37. The van der Waals surface area contributed by atoms with Gasteiger partial charge in [0.15, 0.2) is 5.65 Å². The molecule has 0 atom stereocenters. The molecule has 0 spiro atoms. The molecule has 5 nitrogen and oxygen atoms in total. The smallest absolute Gasteiger partial charge is 0.168 e. The first kappa shape index (κ1) is 10.6. The summed E-state index contributed by atoms with van der Waals surface area (Å²) in [4.78, 5) is 8.05. The monoisotopic (exact) mass is 243 g/mol. The predicted octanol–water partition coefficient (Wildman–Crippen LogP) is 1.85. The molecule has 2 N–H and O–H groups in total. The minimum atomic E-state index is -0.246. The van der Waals surface area contributed by atoms with Gasteiger partial charge in [-0.1, -0.05) is 0 Å². The second-order valence-corrected chi connectivity index (χ2v) is 3.99. The summed E-state index contributed by atoms with van der Waals surface area (Å²) in [6.07, 6.45) is 2.98. The van der Waals surface area contributed by atoms with Gasteiger partial charge in [0.05, 0.1) is 17.3 Å². The van der Waals surface area contributed by atoms with Crippen molar-refractivity contribution in [1.29, 1.82) is 0 Å². The number of benzene rings is 1. The number of nitrogen functional groups attached to an aromatic ring is 1. The van der Waals surface area contributed by atoms with E-state index in [9.17, 15) is 4.39 Å². The predicted molar refractivity (Wildman–Crippen MR) is 65.8 cm³/mol. The molecule has 0 aliphatic rings. The highest BCUT2D eigenvalue weighted by molar-refractivity contribution is 5.85. The first-order valence-corrected chi connectivity index (χ1v) is 5.37. The lowest BCUT2D eigenvalue weighted by Gasteiger charge is -2.04. The zero-order chi connectivity index (χ0) is 12.7. The third-order valence-electron chi connectivity index (χ3n) is 2.78. The Morgan fingerprint density at radius 3 is 2.89 bits per heavy atom. The van der Waals surface area contributed by atoms with Crippen molar-refractivity contribution in [2.45, 2.75) is 6.92 Å². The molecule has 0 fully saturated rings. The van der Waals surface area contributed by atoms with Gasteiger partial charge in [0.25, 0.3) is 0 Å². The number of nitrogens with zero attached hydrogens (tertiary/aromatic N) is 4. The average Bonchev–Trinajstić information content (AvgIpc) is 2.78. The number of aromatic nitrogens is 4. The van der Waals surface area contributed by atoms with E-state index in [0.29, 0.717) is 22.4 Å². The highest BCUT2D eigenvalue weighted by Gasteiger charge is 2.09. The Bertz CT molecular complexity index is 734. The molecule has 18 heavy (non-hydrogen) atoms. The quantitative estimate of drug-likeness (QED) is 0.708. The second kappa shape index (κ2) is 3.76. The van der Waals surface area contributed by atoms with Gasteiger partial charge in [-0.3, -0.25) is 0 Å². The average molecular weight is 243 g/mol. The molecule has 90 valence electrons. The molecule has 2 heterocycles. The van der Waals surface area contributed by atoms with E-state index in [1.165, 1.54) is 12.4 Å². The van der Waals surface area contributed by atoms with Gasteiger partial charge in [0, 0.05) is 0 Å². The van der Waals surface area contributed by atoms with Crippen molar-refractivity contribution in [3.63, 3.8) is 0 Å². The van der Waals surface area contributed by atoms with Gasteiger partial charge < -0.3 is 5.73 Å². The van der Waals surface area contributed by atoms with Crippen LogP contribution in [0.15, 0.2) is 30.7 Å². The van der Waals surface area contributed by atoms with Crippen LogP contribution >= 0.6 is 0 Å². The van der Waals surface area contributed by atoms with Crippen molar-refractivity contribution in [2.75, 3.05) is 5.73 Å². The fraction of sp³-hybridized carbons (Fsp3) is 0.0833. The number of fused-ring (bicyclic) bond motifs is 1. The van der Waals surface area contributed by atoms with Gasteiger partial charge in [-0.25, -0.2) is 19.0 Å². The van der Waals surface area contributed by atoms with Crippen molar-refractivity contribution in [1.82, 2.24) is 19.7 Å². The Morgan fingerprint density at radius 1 is 1.28 bits per heavy atom. The Kier molecular flexibility index (Phi) is 2.22. The van der Waals surface area contributed by atoms with E-state index in [1.807, 2.05) is 0 Å². The maximum Gasteiger partial charge on any atom is 0.168 e. The summed E-state index contributed by atoms with van der Waals surface area (Å²) in [7, 11) is 0. The van der Waals surface area contributed by atoms with Crippen LogP contribution in [0.3, 0.4) is 0 Å². The van der Waals surface area contributed by atoms with Crippen LogP contribution in [0.5, 0.6) is 0 Å². The van der Waals surface area contributed by atoms with Gasteiger partial charge in [-0.15, -0.1) is 0 Å². The molecule has 3 rings (SSSR count). The standard InChI is InChI=1S/C12H10FN5/c1-7-4-8(2-3-10(7)13)18-12-9(5-17-18)11(14)15-6-16-12/h2-6H,1H3,(H2,14,15,16). The van der Waals surface area contributed by atoms with Crippen molar-refractivity contribution >= 4 is 16.9 Å². The largest absolute Gasteiger partial charge is 0.383 e. The number of rotatable bonds is 1. The van der Waals surface area contributed by atoms with E-state index in [2.05, 4.69) is 15.1 Å². The lowest BCUT2D eigenvalue weighted by molar-refractivity contribution is 0.617. The minimum Gasteiger partial charge on any atom is -0.383 e. The normalized spacial score (nSPS) is 11.0. The molecule has 3 aromatic rings. The summed E-state index contributed by atoms with van der Waals surface area (Å²) in [6, 6.07) is 4.76. The molecular weight excluding hydrogens is 233 g/mol. The molecule has 6 heteroatoms. The molecule has 0 aliphatic heterocycles. The van der Waals surface area contributed by atoms with Crippen LogP contribution in [0.2, 0.25) is 0 Å². The number of hydrogen-bond donors (Lipinski definition) is 1. The van der Waals surface area contributed by atoms with E-state index in [4.69, 9.17) is 5.73 Å². The van der Waals surface area contributed by atoms with Gasteiger partial charge in [-0.05, 0) is 30.7 Å².